The van der Waals surface area contributed by atoms with E-state index in [4.69, 9.17) is 0 Å². The Hall–Kier alpha value is -3.03. The molecule has 1 N–H and O–H groups in total. The van der Waals surface area contributed by atoms with Gasteiger partial charge in [0.05, 0.1) is 12.1 Å². The van der Waals surface area contributed by atoms with Gasteiger partial charge in [-0.2, -0.15) is 5.10 Å². The molecule has 3 aromatic heterocycles. The minimum Gasteiger partial charge on any atom is -0.345 e. The summed E-state index contributed by atoms with van der Waals surface area (Å²) in [7, 11) is 0. The van der Waals surface area contributed by atoms with Crippen molar-refractivity contribution in [3.63, 3.8) is 0 Å². The van der Waals surface area contributed by atoms with E-state index >= 15 is 0 Å². The van der Waals surface area contributed by atoms with E-state index in [1.54, 1.807) is 41.5 Å². The van der Waals surface area contributed by atoms with E-state index in [1.165, 1.54) is 6.42 Å². The van der Waals surface area contributed by atoms with Crippen LogP contribution in [0, 0.1) is 0 Å². The molecule has 1 aliphatic rings. The van der Waals surface area contributed by atoms with Crippen molar-refractivity contribution in [1.29, 1.82) is 0 Å². The van der Waals surface area contributed by atoms with Crippen LogP contribution in [0.1, 0.15) is 41.3 Å². The summed E-state index contributed by atoms with van der Waals surface area (Å²) in [5.41, 5.74) is 0.474. The standard InChI is InChI=1S/C17H19N7O/c25-17(13-6-4-8-18-16(13)24-11-5-9-20-24)19-12-15-22-21-14-7-2-1-3-10-23(14)15/h4-6,8-9,11H,1-3,7,10,12H2,(H,19,25). The summed E-state index contributed by atoms with van der Waals surface area (Å²) >= 11 is 0. The predicted molar refractivity (Wildman–Crippen MR) is 90.1 cm³/mol. The van der Waals surface area contributed by atoms with Crippen LogP contribution >= 0.6 is 0 Å². The van der Waals surface area contributed by atoms with E-state index in [2.05, 4.69) is 30.2 Å². The highest BCUT2D eigenvalue weighted by Gasteiger charge is 2.17. The number of carbonyl (C=O) groups excluding carboxylic acids is 1. The van der Waals surface area contributed by atoms with Crippen molar-refractivity contribution in [3.05, 3.63) is 54.0 Å². The zero-order valence-corrected chi connectivity index (χ0v) is 13.8. The molecule has 0 spiro atoms. The fourth-order valence-electron chi connectivity index (χ4n) is 3.08. The smallest absolute Gasteiger partial charge is 0.255 e. The second kappa shape index (κ2) is 6.84. The Kier molecular flexibility index (Phi) is 4.24. The maximum atomic E-state index is 12.6. The number of pyridine rings is 1. The molecular formula is C17H19N7O. The molecular weight excluding hydrogens is 318 g/mol. The van der Waals surface area contributed by atoms with Crippen LogP contribution in [-0.4, -0.2) is 35.4 Å². The fourth-order valence-corrected chi connectivity index (χ4v) is 3.08. The minimum absolute atomic E-state index is 0.204. The SMILES string of the molecule is O=C(NCc1nnc2n1CCCCC2)c1cccnc1-n1cccn1. The Morgan fingerprint density at radius 1 is 1.16 bits per heavy atom. The lowest BCUT2D eigenvalue weighted by atomic mass is 10.2. The Labute approximate surface area is 144 Å². The first-order valence-electron chi connectivity index (χ1n) is 8.47. The normalized spacial score (nSPS) is 13.9. The number of aromatic nitrogens is 6. The molecule has 0 atom stereocenters. The average molecular weight is 337 g/mol. The van der Waals surface area contributed by atoms with Gasteiger partial charge in [0.25, 0.3) is 5.91 Å². The lowest BCUT2D eigenvalue weighted by molar-refractivity contribution is 0.0949. The van der Waals surface area contributed by atoms with Gasteiger partial charge in [0, 0.05) is 31.6 Å². The summed E-state index contributed by atoms with van der Waals surface area (Å²) < 4.78 is 3.71. The number of nitrogens with zero attached hydrogens (tertiary/aromatic N) is 6. The van der Waals surface area contributed by atoms with Crippen molar-refractivity contribution in [3.8, 4) is 5.82 Å². The van der Waals surface area contributed by atoms with Gasteiger partial charge in [-0.15, -0.1) is 10.2 Å². The third kappa shape index (κ3) is 3.15. The predicted octanol–water partition coefficient (Wildman–Crippen LogP) is 1.52. The molecule has 0 saturated heterocycles. The van der Waals surface area contributed by atoms with Crippen molar-refractivity contribution >= 4 is 5.91 Å². The molecule has 1 amide bonds. The molecule has 4 rings (SSSR count). The zero-order valence-electron chi connectivity index (χ0n) is 13.8. The molecule has 8 heteroatoms. The molecule has 0 aromatic carbocycles. The van der Waals surface area contributed by atoms with E-state index in [-0.39, 0.29) is 5.91 Å². The van der Waals surface area contributed by atoms with Crippen LogP contribution in [0.3, 0.4) is 0 Å². The molecule has 1 aliphatic heterocycles. The van der Waals surface area contributed by atoms with Crippen molar-refractivity contribution in [1.82, 2.24) is 34.8 Å². The molecule has 0 unspecified atom stereocenters. The summed E-state index contributed by atoms with van der Waals surface area (Å²) in [6.07, 6.45) is 9.49. The Bertz CT molecular complexity index is 869. The van der Waals surface area contributed by atoms with E-state index in [0.717, 1.165) is 37.5 Å². The third-order valence-electron chi connectivity index (χ3n) is 4.35. The maximum Gasteiger partial charge on any atom is 0.255 e. The van der Waals surface area contributed by atoms with Gasteiger partial charge in [-0.25, -0.2) is 9.67 Å². The molecule has 0 bridgehead atoms. The van der Waals surface area contributed by atoms with Crippen LogP contribution in [0.5, 0.6) is 0 Å². The van der Waals surface area contributed by atoms with Gasteiger partial charge in [-0.1, -0.05) is 6.42 Å². The second-order valence-electron chi connectivity index (χ2n) is 6.00. The number of aryl methyl sites for hydroxylation is 1. The summed E-state index contributed by atoms with van der Waals surface area (Å²) in [5.74, 6) is 2.12. The molecule has 128 valence electrons. The van der Waals surface area contributed by atoms with Crippen molar-refractivity contribution < 1.29 is 4.79 Å². The highest BCUT2D eigenvalue weighted by Crippen LogP contribution is 2.15. The van der Waals surface area contributed by atoms with E-state index < -0.39 is 0 Å². The van der Waals surface area contributed by atoms with E-state index in [0.29, 0.717) is 17.9 Å². The number of hydrogen-bond acceptors (Lipinski definition) is 5. The first kappa shape index (κ1) is 15.5. The molecule has 25 heavy (non-hydrogen) atoms. The largest absolute Gasteiger partial charge is 0.345 e. The quantitative estimate of drug-likeness (QED) is 0.779. The topological polar surface area (TPSA) is 90.5 Å². The summed E-state index contributed by atoms with van der Waals surface area (Å²) in [5, 5.41) is 15.6. The zero-order chi connectivity index (χ0) is 17.1. The van der Waals surface area contributed by atoms with Gasteiger partial charge in [-0.05, 0) is 31.0 Å². The number of carbonyl (C=O) groups is 1. The molecule has 3 aromatic rings. The van der Waals surface area contributed by atoms with Crippen molar-refractivity contribution in [2.24, 2.45) is 0 Å². The number of amides is 1. The number of rotatable bonds is 4. The van der Waals surface area contributed by atoms with E-state index in [9.17, 15) is 4.79 Å². The highest BCUT2D eigenvalue weighted by atomic mass is 16.1. The highest BCUT2D eigenvalue weighted by molar-refractivity contribution is 5.96. The summed E-state index contributed by atoms with van der Waals surface area (Å²) in [6, 6.07) is 5.27. The van der Waals surface area contributed by atoms with Crippen LogP contribution in [0.4, 0.5) is 0 Å². The first-order chi connectivity index (χ1) is 12.3. The van der Waals surface area contributed by atoms with Gasteiger partial charge < -0.3 is 9.88 Å². The summed E-state index contributed by atoms with van der Waals surface area (Å²) in [4.78, 5) is 16.9. The van der Waals surface area contributed by atoms with E-state index in [1.807, 2.05) is 0 Å². The maximum absolute atomic E-state index is 12.6. The van der Waals surface area contributed by atoms with Gasteiger partial charge in [0.15, 0.2) is 11.6 Å². The van der Waals surface area contributed by atoms with Crippen molar-refractivity contribution in [2.45, 2.75) is 38.8 Å². The number of nitrogens with one attached hydrogen (secondary N) is 1. The van der Waals surface area contributed by atoms with Gasteiger partial charge >= 0.3 is 0 Å². The van der Waals surface area contributed by atoms with Crippen LogP contribution in [0.15, 0.2) is 36.8 Å². The minimum atomic E-state index is -0.204. The van der Waals surface area contributed by atoms with Crippen LogP contribution in [0.25, 0.3) is 5.82 Å². The average Bonchev–Trinajstić information content (AvgIpc) is 3.25. The monoisotopic (exact) mass is 337 g/mol. The van der Waals surface area contributed by atoms with Crippen LogP contribution < -0.4 is 5.32 Å². The number of hydrogen-bond donors (Lipinski definition) is 1. The van der Waals surface area contributed by atoms with Crippen molar-refractivity contribution in [2.75, 3.05) is 0 Å². The van der Waals surface area contributed by atoms with Crippen LogP contribution in [-0.2, 0) is 19.5 Å². The molecule has 8 nitrogen and oxygen atoms in total. The Balaban J connectivity index is 1.52. The molecule has 0 saturated carbocycles. The lowest BCUT2D eigenvalue weighted by Crippen LogP contribution is -2.26. The number of fused-ring (bicyclic) bond motifs is 1. The molecule has 0 radical (unpaired) electrons. The van der Waals surface area contributed by atoms with Crippen LogP contribution in [0.2, 0.25) is 0 Å². The van der Waals surface area contributed by atoms with Gasteiger partial charge in [0.1, 0.15) is 5.82 Å². The molecule has 0 aliphatic carbocycles. The molecule has 4 heterocycles. The lowest BCUT2D eigenvalue weighted by Gasteiger charge is -2.10. The first-order valence-corrected chi connectivity index (χ1v) is 8.47. The Morgan fingerprint density at radius 3 is 3.00 bits per heavy atom. The molecule has 0 fully saturated rings. The summed E-state index contributed by atoms with van der Waals surface area (Å²) in [6.45, 7) is 1.26. The van der Waals surface area contributed by atoms with Gasteiger partial charge in [0.2, 0.25) is 0 Å². The second-order valence-corrected chi connectivity index (χ2v) is 6.00. The Morgan fingerprint density at radius 2 is 2.12 bits per heavy atom. The van der Waals surface area contributed by atoms with Gasteiger partial charge in [-0.3, -0.25) is 4.79 Å². The third-order valence-corrected chi connectivity index (χ3v) is 4.35. The fraction of sp³-hybridized carbons (Fsp3) is 0.353.